The largest absolute Gasteiger partial charge is 0.320 e. The molecule has 0 atom stereocenters. The molecule has 0 N–H and O–H groups in total. The SMILES string of the molecule is Cc1cccc(Cn2ccn(-c3ccccc3)c(=O)c2=O)c1. The minimum absolute atomic E-state index is 0.394. The Balaban J connectivity index is 2.01. The van der Waals surface area contributed by atoms with Gasteiger partial charge in [0.05, 0.1) is 6.54 Å². The van der Waals surface area contributed by atoms with Crippen LogP contribution in [0.25, 0.3) is 5.69 Å². The number of rotatable bonds is 3. The maximum absolute atomic E-state index is 12.3. The van der Waals surface area contributed by atoms with Gasteiger partial charge >= 0.3 is 11.1 Å². The van der Waals surface area contributed by atoms with Crippen molar-refractivity contribution in [3.63, 3.8) is 0 Å². The highest BCUT2D eigenvalue weighted by Gasteiger charge is 2.07. The van der Waals surface area contributed by atoms with E-state index in [1.807, 2.05) is 49.4 Å². The third-order valence-electron chi connectivity index (χ3n) is 3.53. The fraction of sp³-hybridized carbons (Fsp3) is 0.111. The zero-order valence-electron chi connectivity index (χ0n) is 12.3. The molecule has 0 saturated carbocycles. The molecular formula is C18H16N2O2. The lowest BCUT2D eigenvalue weighted by Crippen LogP contribution is -2.40. The molecule has 0 bridgehead atoms. The van der Waals surface area contributed by atoms with Crippen molar-refractivity contribution in [2.45, 2.75) is 13.5 Å². The minimum atomic E-state index is -0.540. The van der Waals surface area contributed by atoms with Crippen molar-refractivity contribution in [1.82, 2.24) is 9.13 Å². The predicted molar refractivity (Wildman–Crippen MR) is 86.6 cm³/mol. The molecule has 0 amide bonds. The van der Waals surface area contributed by atoms with Gasteiger partial charge in [-0.2, -0.15) is 0 Å². The van der Waals surface area contributed by atoms with Crippen LogP contribution in [0, 0.1) is 6.92 Å². The Morgan fingerprint density at radius 3 is 2.36 bits per heavy atom. The molecule has 0 saturated heterocycles. The van der Waals surface area contributed by atoms with Crippen LogP contribution in [0.2, 0.25) is 0 Å². The number of benzene rings is 2. The molecule has 1 heterocycles. The molecule has 0 fully saturated rings. The average molecular weight is 292 g/mol. The van der Waals surface area contributed by atoms with E-state index >= 15 is 0 Å². The van der Waals surface area contributed by atoms with Crippen LogP contribution in [0.4, 0.5) is 0 Å². The summed E-state index contributed by atoms with van der Waals surface area (Å²) in [5.74, 6) is 0. The van der Waals surface area contributed by atoms with Gasteiger partial charge in [0.2, 0.25) is 0 Å². The van der Waals surface area contributed by atoms with Crippen LogP contribution in [0.15, 0.2) is 76.6 Å². The zero-order valence-corrected chi connectivity index (χ0v) is 12.3. The van der Waals surface area contributed by atoms with E-state index in [9.17, 15) is 9.59 Å². The molecule has 4 heteroatoms. The van der Waals surface area contributed by atoms with Crippen LogP contribution in [0.1, 0.15) is 11.1 Å². The molecule has 3 aromatic rings. The summed E-state index contributed by atoms with van der Waals surface area (Å²) in [6.45, 7) is 2.39. The van der Waals surface area contributed by atoms with Gasteiger partial charge < -0.3 is 4.57 Å². The molecule has 0 aliphatic carbocycles. The van der Waals surface area contributed by atoms with Gasteiger partial charge in [0.25, 0.3) is 0 Å². The monoisotopic (exact) mass is 292 g/mol. The molecule has 22 heavy (non-hydrogen) atoms. The molecule has 0 unspecified atom stereocenters. The molecule has 1 aromatic heterocycles. The van der Waals surface area contributed by atoms with Crippen LogP contribution < -0.4 is 11.1 Å². The number of para-hydroxylation sites is 1. The Hall–Kier alpha value is -2.88. The van der Waals surface area contributed by atoms with Crippen LogP contribution in [0.3, 0.4) is 0 Å². The van der Waals surface area contributed by atoms with Crippen molar-refractivity contribution in [2.75, 3.05) is 0 Å². The quantitative estimate of drug-likeness (QED) is 0.696. The Kier molecular flexibility index (Phi) is 3.74. The average Bonchev–Trinajstić information content (AvgIpc) is 2.53. The fourth-order valence-electron chi connectivity index (χ4n) is 2.43. The van der Waals surface area contributed by atoms with Gasteiger partial charge in [-0.15, -0.1) is 0 Å². The topological polar surface area (TPSA) is 44.0 Å². The third-order valence-corrected chi connectivity index (χ3v) is 3.53. The molecular weight excluding hydrogens is 276 g/mol. The highest BCUT2D eigenvalue weighted by molar-refractivity contribution is 5.31. The van der Waals surface area contributed by atoms with E-state index in [-0.39, 0.29) is 0 Å². The van der Waals surface area contributed by atoms with Gasteiger partial charge in [-0.25, -0.2) is 0 Å². The predicted octanol–water partition coefficient (Wildman–Crippen LogP) is 2.36. The minimum Gasteiger partial charge on any atom is -0.305 e. The fourth-order valence-corrected chi connectivity index (χ4v) is 2.43. The molecule has 3 rings (SSSR count). The first-order chi connectivity index (χ1) is 10.6. The second kappa shape index (κ2) is 5.85. The summed E-state index contributed by atoms with van der Waals surface area (Å²) >= 11 is 0. The van der Waals surface area contributed by atoms with Gasteiger partial charge in [0, 0.05) is 18.1 Å². The summed E-state index contributed by atoms with van der Waals surface area (Å²) in [6.07, 6.45) is 3.29. The van der Waals surface area contributed by atoms with Crippen molar-refractivity contribution < 1.29 is 0 Å². The van der Waals surface area contributed by atoms with E-state index < -0.39 is 11.1 Å². The first-order valence-corrected chi connectivity index (χ1v) is 7.08. The van der Waals surface area contributed by atoms with Crippen molar-refractivity contribution in [2.24, 2.45) is 0 Å². The molecule has 2 aromatic carbocycles. The van der Waals surface area contributed by atoms with E-state index in [0.29, 0.717) is 12.2 Å². The molecule has 0 spiro atoms. The summed E-state index contributed by atoms with van der Waals surface area (Å²) in [4.78, 5) is 24.6. The van der Waals surface area contributed by atoms with E-state index in [1.54, 1.807) is 24.5 Å². The Morgan fingerprint density at radius 1 is 0.864 bits per heavy atom. The highest BCUT2D eigenvalue weighted by Crippen LogP contribution is 2.06. The standard InChI is InChI=1S/C18H16N2O2/c1-14-6-5-7-15(12-14)13-19-10-11-20(18(22)17(19)21)16-8-3-2-4-9-16/h2-12H,13H2,1H3. The Labute approximate surface area is 127 Å². The van der Waals surface area contributed by atoms with Crippen molar-refractivity contribution in [3.8, 4) is 5.69 Å². The maximum Gasteiger partial charge on any atom is 0.320 e. The summed E-state index contributed by atoms with van der Waals surface area (Å²) in [6, 6.07) is 17.0. The van der Waals surface area contributed by atoms with Gasteiger partial charge in [0.15, 0.2) is 0 Å². The second-order valence-electron chi connectivity index (χ2n) is 5.23. The smallest absolute Gasteiger partial charge is 0.305 e. The van der Waals surface area contributed by atoms with Gasteiger partial charge in [-0.3, -0.25) is 14.2 Å². The number of aromatic nitrogens is 2. The summed E-state index contributed by atoms with van der Waals surface area (Å²) in [7, 11) is 0. The molecule has 0 aliphatic rings. The summed E-state index contributed by atoms with van der Waals surface area (Å²) in [5, 5.41) is 0. The van der Waals surface area contributed by atoms with Crippen LogP contribution in [0.5, 0.6) is 0 Å². The Morgan fingerprint density at radius 2 is 1.64 bits per heavy atom. The molecule has 4 nitrogen and oxygen atoms in total. The number of aryl methyl sites for hydroxylation is 1. The van der Waals surface area contributed by atoms with Gasteiger partial charge in [0.1, 0.15) is 0 Å². The van der Waals surface area contributed by atoms with Crippen molar-refractivity contribution in [1.29, 1.82) is 0 Å². The van der Waals surface area contributed by atoms with E-state index in [2.05, 4.69) is 0 Å². The first-order valence-electron chi connectivity index (χ1n) is 7.08. The molecule has 110 valence electrons. The van der Waals surface area contributed by atoms with Crippen LogP contribution >= 0.6 is 0 Å². The van der Waals surface area contributed by atoms with Gasteiger partial charge in [-0.05, 0) is 24.6 Å². The van der Waals surface area contributed by atoms with Crippen molar-refractivity contribution in [3.05, 3.63) is 98.8 Å². The van der Waals surface area contributed by atoms with Crippen molar-refractivity contribution >= 4 is 0 Å². The lowest BCUT2D eigenvalue weighted by Gasteiger charge is -2.09. The highest BCUT2D eigenvalue weighted by atomic mass is 16.2. The third kappa shape index (κ3) is 2.76. The number of hydrogen-bond donors (Lipinski definition) is 0. The summed E-state index contributed by atoms with van der Waals surface area (Å²) in [5.41, 5.74) is 1.75. The van der Waals surface area contributed by atoms with Gasteiger partial charge in [-0.1, -0.05) is 48.0 Å². The van der Waals surface area contributed by atoms with Crippen LogP contribution in [-0.4, -0.2) is 9.13 Å². The number of hydrogen-bond acceptors (Lipinski definition) is 2. The maximum atomic E-state index is 12.3. The van der Waals surface area contributed by atoms with E-state index in [0.717, 1.165) is 11.1 Å². The number of nitrogens with zero attached hydrogens (tertiary/aromatic N) is 2. The Bertz CT molecular complexity index is 908. The molecule has 0 radical (unpaired) electrons. The lowest BCUT2D eigenvalue weighted by molar-refractivity contribution is 0.718. The zero-order chi connectivity index (χ0) is 15.5. The normalized spacial score (nSPS) is 10.6. The van der Waals surface area contributed by atoms with E-state index in [1.165, 1.54) is 9.13 Å². The molecule has 0 aliphatic heterocycles. The summed E-state index contributed by atoms with van der Waals surface area (Å²) < 4.78 is 2.81. The lowest BCUT2D eigenvalue weighted by atomic mass is 10.1. The van der Waals surface area contributed by atoms with E-state index in [4.69, 9.17) is 0 Å². The second-order valence-corrected chi connectivity index (χ2v) is 5.23. The first kappa shape index (κ1) is 14.1. The van der Waals surface area contributed by atoms with Crippen LogP contribution in [-0.2, 0) is 6.54 Å².